The summed E-state index contributed by atoms with van der Waals surface area (Å²) in [5, 5.41) is 3.47. The first-order chi connectivity index (χ1) is 10.9. The first-order valence-electron chi connectivity index (χ1n) is 8.49. The molecular weight excluding hydrogens is 292 g/mol. The molecule has 0 saturated carbocycles. The van der Waals surface area contributed by atoms with Crippen molar-refractivity contribution in [2.24, 2.45) is 11.8 Å². The third kappa shape index (κ3) is 3.01. The van der Waals surface area contributed by atoms with Gasteiger partial charge in [0.15, 0.2) is 5.65 Å². The molecule has 1 atom stereocenters. The van der Waals surface area contributed by atoms with E-state index in [0.717, 1.165) is 49.1 Å². The van der Waals surface area contributed by atoms with Gasteiger partial charge < -0.3 is 9.88 Å². The van der Waals surface area contributed by atoms with Gasteiger partial charge in [0.05, 0.1) is 0 Å². The van der Waals surface area contributed by atoms with Gasteiger partial charge >= 0.3 is 0 Å². The first-order valence-corrected chi connectivity index (χ1v) is 9.64. The molecular formula is C17H24N4S. The van der Waals surface area contributed by atoms with E-state index >= 15 is 0 Å². The highest BCUT2D eigenvalue weighted by atomic mass is 32.2. The van der Waals surface area contributed by atoms with Crippen LogP contribution in [0.5, 0.6) is 0 Å². The fraction of sp³-hybridized carbons (Fsp3) is 0.647. The molecule has 2 aromatic rings. The molecule has 22 heavy (non-hydrogen) atoms. The quantitative estimate of drug-likeness (QED) is 0.942. The van der Waals surface area contributed by atoms with Gasteiger partial charge in [-0.05, 0) is 67.8 Å². The fourth-order valence-electron chi connectivity index (χ4n) is 3.69. The van der Waals surface area contributed by atoms with Gasteiger partial charge in [0.2, 0.25) is 0 Å². The van der Waals surface area contributed by atoms with Gasteiger partial charge in [-0.15, -0.1) is 0 Å². The number of aromatic nitrogens is 3. The molecule has 0 spiro atoms. The average molecular weight is 316 g/mol. The van der Waals surface area contributed by atoms with Crippen molar-refractivity contribution in [3.8, 4) is 0 Å². The molecule has 0 radical (unpaired) electrons. The van der Waals surface area contributed by atoms with Crippen LogP contribution in [0.3, 0.4) is 0 Å². The smallest absolute Gasteiger partial charge is 0.159 e. The highest BCUT2D eigenvalue weighted by Crippen LogP contribution is 2.27. The number of imidazole rings is 1. The standard InChI is InChI=1S/C17H24N4S/c1-2-15-17(19-6-1)21(12-13-4-8-22-9-5-13)16(20-15)10-14-3-7-18-11-14/h1-2,6,13-14,18H,3-5,7-12H2. The SMILES string of the molecule is c1cnc2c(c1)nc(CC1CCNC1)n2CC1CCSCC1. The predicted molar refractivity (Wildman–Crippen MR) is 92.3 cm³/mol. The maximum absolute atomic E-state index is 4.91. The van der Waals surface area contributed by atoms with Crippen molar-refractivity contribution in [3.05, 3.63) is 24.2 Å². The second-order valence-corrected chi connectivity index (χ2v) is 7.83. The average Bonchev–Trinajstić information content (AvgIpc) is 3.18. The maximum Gasteiger partial charge on any atom is 0.159 e. The highest BCUT2D eigenvalue weighted by molar-refractivity contribution is 7.99. The lowest BCUT2D eigenvalue weighted by atomic mass is 10.0. The fourth-order valence-corrected chi connectivity index (χ4v) is 4.89. The lowest BCUT2D eigenvalue weighted by molar-refractivity contribution is 0.407. The van der Waals surface area contributed by atoms with Crippen LogP contribution in [0.15, 0.2) is 18.3 Å². The number of nitrogens with one attached hydrogen (secondary N) is 1. The van der Waals surface area contributed by atoms with Crippen LogP contribution in [-0.2, 0) is 13.0 Å². The van der Waals surface area contributed by atoms with Crippen molar-refractivity contribution in [2.45, 2.75) is 32.2 Å². The summed E-state index contributed by atoms with van der Waals surface area (Å²) in [7, 11) is 0. The Hall–Kier alpha value is -1.07. The number of rotatable bonds is 4. The van der Waals surface area contributed by atoms with Crippen LogP contribution in [0.2, 0.25) is 0 Å². The Labute approximate surface area is 136 Å². The molecule has 4 heterocycles. The Morgan fingerprint density at radius 2 is 2.14 bits per heavy atom. The Morgan fingerprint density at radius 1 is 1.23 bits per heavy atom. The Morgan fingerprint density at radius 3 is 2.95 bits per heavy atom. The lowest BCUT2D eigenvalue weighted by Crippen LogP contribution is -2.20. The number of nitrogens with zero attached hydrogens (tertiary/aromatic N) is 3. The summed E-state index contributed by atoms with van der Waals surface area (Å²) in [5.41, 5.74) is 2.15. The van der Waals surface area contributed by atoms with E-state index in [4.69, 9.17) is 4.98 Å². The monoisotopic (exact) mass is 316 g/mol. The van der Waals surface area contributed by atoms with Gasteiger partial charge in [-0.25, -0.2) is 9.97 Å². The van der Waals surface area contributed by atoms with Crippen molar-refractivity contribution in [1.82, 2.24) is 19.9 Å². The van der Waals surface area contributed by atoms with Crippen LogP contribution in [0, 0.1) is 11.8 Å². The molecule has 5 heteroatoms. The van der Waals surface area contributed by atoms with E-state index < -0.39 is 0 Å². The molecule has 4 nitrogen and oxygen atoms in total. The molecule has 2 saturated heterocycles. The zero-order valence-electron chi connectivity index (χ0n) is 13.0. The summed E-state index contributed by atoms with van der Waals surface area (Å²) in [5.74, 6) is 5.40. The molecule has 0 aliphatic carbocycles. The number of pyridine rings is 1. The molecule has 4 rings (SSSR count). The molecule has 2 aliphatic heterocycles. The van der Waals surface area contributed by atoms with E-state index in [1.165, 1.54) is 36.6 Å². The van der Waals surface area contributed by atoms with Gasteiger partial charge in [-0.3, -0.25) is 0 Å². The second kappa shape index (κ2) is 6.59. The minimum Gasteiger partial charge on any atom is -0.316 e. The molecule has 118 valence electrons. The molecule has 1 N–H and O–H groups in total. The summed E-state index contributed by atoms with van der Waals surface area (Å²) in [6.07, 6.45) is 6.93. The van der Waals surface area contributed by atoms with E-state index in [-0.39, 0.29) is 0 Å². The van der Waals surface area contributed by atoms with Gasteiger partial charge in [-0.2, -0.15) is 11.8 Å². The highest BCUT2D eigenvalue weighted by Gasteiger charge is 2.22. The summed E-state index contributed by atoms with van der Waals surface area (Å²) < 4.78 is 2.42. The second-order valence-electron chi connectivity index (χ2n) is 6.60. The summed E-state index contributed by atoms with van der Waals surface area (Å²) in [6, 6.07) is 4.10. The summed E-state index contributed by atoms with van der Waals surface area (Å²) in [4.78, 5) is 9.53. The van der Waals surface area contributed by atoms with Crippen LogP contribution in [0.1, 0.15) is 25.1 Å². The largest absolute Gasteiger partial charge is 0.316 e. The third-order valence-electron chi connectivity index (χ3n) is 5.00. The van der Waals surface area contributed by atoms with Crippen LogP contribution >= 0.6 is 11.8 Å². The van der Waals surface area contributed by atoms with Crippen LogP contribution < -0.4 is 5.32 Å². The zero-order valence-corrected chi connectivity index (χ0v) is 13.8. The van der Waals surface area contributed by atoms with Gasteiger partial charge in [0.25, 0.3) is 0 Å². The minimum atomic E-state index is 0.734. The number of hydrogen-bond acceptors (Lipinski definition) is 4. The van der Waals surface area contributed by atoms with E-state index in [9.17, 15) is 0 Å². The molecule has 2 aliphatic rings. The number of fused-ring (bicyclic) bond motifs is 1. The van der Waals surface area contributed by atoms with Gasteiger partial charge in [-0.1, -0.05) is 0 Å². The van der Waals surface area contributed by atoms with Crippen molar-refractivity contribution in [3.63, 3.8) is 0 Å². The van der Waals surface area contributed by atoms with E-state index in [0.29, 0.717) is 0 Å². The maximum atomic E-state index is 4.91. The third-order valence-corrected chi connectivity index (χ3v) is 6.05. The summed E-state index contributed by atoms with van der Waals surface area (Å²) in [6.45, 7) is 3.39. The lowest BCUT2D eigenvalue weighted by Gasteiger charge is -2.23. The topological polar surface area (TPSA) is 42.7 Å². The van der Waals surface area contributed by atoms with Crippen molar-refractivity contribution in [2.75, 3.05) is 24.6 Å². The van der Waals surface area contributed by atoms with Crippen molar-refractivity contribution >= 4 is 22.9 Å². The Kier molecular flexibility index (Phi) is 4.35. The van der Waals surface area contributed by atoms with Gasteiger partial charge in [0.1, 0.15) is 11.3 Å². The van der Waals surface area contributed by atoms with Crippen LogP contribution in [-0.4, -0.2) is 39.1 Å². The molecule has 0 aromatic carbocycles. The summed E-state index contributed by atoms with van der Waals surface area (Å²) >= 11 is 2.10. The van der Waals surface area contributed by atoms with Crippen LogP contribution in [0.25, 0.3) is 11.2 Å². The van der Waals surface area contributed by atoms with E-state index in [1.54, 1.807) is 0 Å². The van der Waals surface area contributed by atoms with Crippen LogP contribution in [0.4, 0.5) is 0 Å². The van der Waals surface area contributed by atoms with E-state index in [2.05, 4.69) is 32.7 Å². The Bertz CT molecular complexity index is 627. The van der Waals surface area contributed by atoms with Gasteiger partial charge in [0, 0.05) is 19.2 Å². The predicted octanol–water partition coefficient (Wildman–Crippen LogP) is 2.73. The normalized spacial score (nSPS) is 23.4. The first kappa shape index (κ1) is 14.5. The molecule has 2 fully saturated rings. The molecule has 0 bridgehead atoms. The molecule has 1 unspecified atom stereocenters. The van der Waals surface area contributed by atoms with Crippen molar-refractivity contribution in [1.29, 1.82) is 0 Å². The molecule has 2 aromatic heterocycles. The zero-order chi connectivity index (χ0) is 14.8. The Balaban J connectivity index is 1.63. The number of thioether (sulfide) groups is 1. The van der Waals surface area contributed by atoms with E-state index in [1.807, 2.05) is 12.3 Å². The minimum absolute atomic E-state index is 0.734. The molecule has 0 amide bonds. The van der Waals surface area contributed by atoms with Crippen molar-refractivity contribution < 1.29 is 0 Å². The number of hydrogen-bond donors (Lipinski definition) is 1.